The number of nitrogens with zero attached hydrogens (tertiary/aromatic N) is 1. The van der Waals surface area contributed by atoms with E-state index in [1.807, 2.05) is 0 Å². The maximum atomic E-state index is 11.2. The molecule has 0 radical (unpaired) electrons. The zero-order valence-electron chi connectivity index (χ0n) is 7.58. The first kappa shape index (κ1) is 8.98. The van der Waals surface area contributed by atoms with Crippen LogP contribution in [0.5, 0.6) is 0 Å². The Morgan fingerprint density at radius 2 is 2.14 bits per heavy atom. The molecule has 2 rings (SSSR count). The summed E-state index contributed by atoms with van der Waals surface area (Å²) in [4.78, 5) is 34.3. The Hall–Kier alpha value is -1.59. The number of imide groups is 1. The Balaban J connectivity index is 1.93. The second-order valence-corrected chi connectivity index (χ2v) is 3.47. The number of amides is 4. The average molecular weight is 197 g/mol. The standard InChI is InChI=1S/C8H11N3O3/c12-6-2-1-5(10-6)4-11-7(13)3-9-8(11)14/h5H,1-4H2,(H,9,14)(H,10,12). The van der Waals surface area contributed by atoms with Gasteiger partial charge in [-0.05, 0) is 6.42 Å². The van der Waals surface area contributed by atoms with E-state index >= 15 is 0 Å². The molecule has 2 saturated heterocycles. The van der Waals surface area contributed by atoms with Crippen LogP contribution in [0.1, 0.15) is 12.8 Å². The van der Waals surface area contributed by atoms with E-state index in [9.17, 15) is 14.4 Å². The summed E-state index contributed by atoms with van der Waals surface area (Å²) in [6, 6.07) is -0.438. The molecule has 4 amide bonds. The summed E-state index contributed by atoms with van der Waals surface area (Å²) in [6.45, 7) is 0.357. The van der Waals surface area contributed by atoms with Crippen LogP contribution >= 0.6 is 0 Å². The van der Waals surface area contributed by atoms with E-state index in [4.69, 9.17) is 0 Å². The van der Waals surface area contributed by atoms with Crippen LogP contribution in [0.25, 0.3) is 0 Å². The summed E-state index contributed by atoms with van der Waals surface area (Å²) in [7, 11) is 0. The van der Waals surface area contributed by atoms with Gasteiger partial charge in [0.1, 0.15) is 0 Å². The van der Waals surface area contributed by atoms with Crippen molar-refractivity contribution < 1.29 is 14.4 Å². The molecule has 1 unspecified atom stereocenters. The van der Waals surface area contributed by atoms with Gasteiger partial charge in [-0.3, -0.25) is 14.5 Å². The van der Waals surface area contributed by atoms with Gasteiger partial charge in [-0.15, -0.1) is 0 Å². The lowest BCUT2D eigenvalue weighted by atomic mass is 10.2. The van der Waals surface area contributed by atoms with Gasteiger partial charge in [-0.25, -0.2) is 4.79 Å². The lowest BCUT2D eigenvalue weighted by Crippen LogP contribution is -2.42. The molecule has 2 fully saturated rings. The molecule has 2 N–H and O–H groups in total. The van der Waals surface area contributed by atoms with E-state index in [1.54, 1.807) is 0 Å². The summed E-state index contributed by atoms with van der Waals surface area (Å²) in [5, 5.41) is 5.14. The molecule has 6 nitrogen and oxygen atoms in total. The Labute approximate surface area is 80.6 Å². The summed E-state index contributed by atoms with van der Waals surface area (Å²) >= 11 is 0. The van der Waals surface area contributed by atoms with E-state index < -0.39 is 0 Å². The summed E-state index contributed by atoms with van der Waals surface area (Å²) < 4.78 is 0. The van der Waals surface area contributed by atoms with Gasteiger partial charge >= 0.3 is 6.03 Å². The number of urea groups is 1. The average Bonchev–Trinajstić information content (AvgIpc) is 2.67. The highest BCUT2D eigenvalue weighted by atomic mass is 16.2. The van der Waals surface area contributed by atoms with Gasteiger partial charge in [-0.2, -0.15) is 0 Å². The predicted molar refractivity (Wildman–Crippen MR) is 46.3 cm³/mol. The molecular weight excluding hydrogens is 186 g/mol. The van der Waals surface area contributed by atoms with Gasteiger partial charge in [0.2, 0.25) is 11.8 Å². The second kappa shape index (κ2) is 3.28. The van der Waals surface area contributed by atoms with Gasteiger partial charge in [0, 0.05) is 12.5 Å². The van der Waals surface area contributed by atoms with Crippen molar-refractivity contribution >= 4 is 17.8 Å². The van der Waals surface area contributed by atoms with Crippen LogP contribution in [0.3, 0.4) is 0 Å². The van der Waals surface area contributed by atoms with Gasteiger partial charge < -0.3 is 10.6 Å². The molecular formula is C8H11N3O3. The van der Waals surface area contributed by atoms with Crippen molar-refractivity contribution in [2.24, 2.45) is 0 Å². The van der Waals surface area contributed by atoms with Crippen molar-refractivity contribution in [1.29, 1.82) is 0 Å². The molecule has 0 aromatic carbocycles. The van der Waals surface area contributed by atoms with Gasteiger partial charge in [0.15, 0.2) is 0 Å². The molecule has 0 aromatic rings. The van der Waals surface area contributed by atoms with Crippen molar-refractivity contribution in [3.63, 3.8) is 0 Å². The summed E-state index contributed by atoms with van der Waals surface area (Å²) in [5.41, 5.74) is 0. The van der Waals surface area contributed by atoms with E-state index in [-0.39, 0.29) is 37.0 Å². The maximum Gasteiger partial charge on any atom is 0.324 e. The van der Waals surface area contributed by atoms with Gasteiger partial charge in [0.25, 0.3) is 0 Å². The first-order valence-corrected chi connectivity index (χ1v) is 4.54. The third-order valence-corrected chi connectivity index (χ3v) is 2.42. The highest BCUT2D eigenvalue weighted by molar-refractivity contribution is 6.02. The Kier molecular flexibility index (Phi) is 2.11. The highest BCUT2D eigenvalue weighted by Crippen LogP contribution is 2.10. The first-order valence-electron chi connectivity index (χ1n) is 4.54. The molecule has 0 bridgehead atoms. The second-order valence-electron chi connectivity index (χ2n) is 3.47. The van der Waals surface area contributed by atoms with E-state index in [0.29, 0.717) is 12.8 Å². The van der Waals surface area contributed by atoms with Crippen LogP contribution in [0.4, 0.5) is 4.79 Å². The topological polar surface area (TPSA) is 78.5 Å². The van der Waals surface area contributed by atoms with Crippen molar-refractivity contribution in [3.05, 3.63) is 0 Å². The largest absolute Gasteiger partial charge is 0.352 e. The van der Waals surface area contributed by atoms with Crippen molar-refractivity contribution in [2.75, 3.05) is 13.1 Å². The molecule has 76 valence electrons. The minimum Gasteiger partial charge on any atom is -0.352 e. The Morgan fingerprint density at radius 3 is 2.64 bits per heavy atom. The van der Waals surface area contributed by atoms with Crippen LogP contribution in [-0.4, -0.2) is 41.9 Å². The first-order chi connectivity index (χ1) is 6.66. The predicted octanol–water partition coefficient (Wildman–Crippen LogP) is -1.18. The van der Waals surface area contributed by atoms with Gasteiger partial charge in [0.05, 0.1) is 13.1 Å². The summed E-state index contributed by atoms with van der Waals surface area (Å²) in [5.74, 6) is -0.238. The zero-order valence-corrected chi connectivity index (χ0v) is 7.58. The van der Waals surface area contributed by atoms with Crippen LogP contribution in [0.15, 0.2) is 0 Å². The molecule has 1 atom stereocenters. The number of carbonyl (C=O) groups excluding carboxylic acids is 3. The van der Waals surface area contributed by atoms with Crippen LogP contribution in [-0.2, 0) is 9.59 Å². The third-order valence-electron chi connectivity index (χ3n) is 2.42. The Morgan fingerprint density at radius 1 is 1.36 bits per heavy atom. The number of hydrogen-bond acceptors (Lipinski definition) is 3. The fraction of sp³-hybridized carbons (Fsp3) is 0.625. The fourth-order valence-corrected chi connectivity index (χ4v) is 1.67. The quantitative estimate of drug-likeness (QED) is 0.547. The molecule has 0 aromatic heterocycles. The van der Waals surface area contributed by atoms with Crippen LogP contribution < -0.4 is 10.6 Å². The van der Waals surface area contributed by atoms with Crippen molar-refractivity contribution in [3.8, 4) is 0 Å². The summed E-state index contributed by atoms with van der Waals surface area (Å²) in [6.07, 6.45) is 1.17. The van der Waals surface area contributed by atoms with Crippen molar-refractivity contribution in [1.82, 2.24) is 15.5 Å². The minimum atomic E-state index is -0.365. The molecule has 6 heteroatoms. The number of carbonyl (C=O) groups is 3. The lowest BCUT2D eigenvalue weighted by Gasteiger charge is -2.16. The number of rotatable bonds is 2. The monoisotopic (exact) mass is 197 g/mol. The van der Waals surface area contributed by atoms with Crippen LogP contribution in [0, 0.1) is 0 Å². The molecule has 0 aliphatic carbocycles. The zero-order chi connectivity index (χ0) is 10.1. The third kappa shape index (κ3) is 1.55. The molecule has 2 aliphatic heterocycles. The van der Waals surface area contributed by atoms with E-state index in [2.05, 4.69) is 10.6 Å². The highest BCUT2D eigenvalue weighted by Gasteiger charge is 2.32. The molecule has 2 aliphatic rings. The van der Waals surface area contributed by atoms with Gasteiger partial charge in [-0.1, -0.05) is 0 Å². The molecule has 14 heavy (non-hydrogen) atoms. The number of nitrogens with one attached hydrogen (secondary N) is 2. The maximum absolute atomic E-state index is 11.2. The smallest absolute Gasteiger partial charge is 0.324 e. The minimum absolute atomic E-state index is 0.0120. The number of hydrogen-bond donors (Lipinski definition) is 2. The SMILES string of the molecule is O=C1CCC(CN2C(=O)CNC2=O)N1. The molecule has 0 saturated carbocycles. The van der Waals surface area contributed by atoms with Crippen molar-refractivity contribution in [2.45, 2.75) is 18.9 Å². The normalized spacial score (nSPS) is 26.7. The molecule has 2 heterocycles. The fourth-order valence-electron chi connectivity index (χ4n) is 1.67. The van der Waals surface area contributed by atoms with E-state index in [1.165, 1.54) is 0 Å². The van der Waals surface area contributed by atoms with Crippen LogP contribution in [0.2, 0.25) is 0 Å². The molecule has 0 spiro atoms. The lowest BCUT2D eigenvalue weighted by molar-refractivity contribution is -0.125. The van der Waals surface area contributed by atoms with E-state index in [0.717, 1.165) is 4.90 Å². The Bertz CT molecular complexity index is 286.